The molecule has 0 saturated carbocycles. The molecule has 8 heteroatoms. The molecule has 2 rings (SSSR count). The fourth-order valence-corrected chi connectivity index (χ4v) is 2.90. The van der Waals surface area contributed by atoms with Crippen molar-refractivity contribution >= 4 is 50.5 Å². The number of halogens is 2. The van der Waals surface area contributed by atoms with Gasteiger partial charge in [0.15, 0.2) is 0 Å². The molecule has 5 nitrogen and oxygen atoms in total. The number of nitrogens with one attached hydrogen (secondary N) is 2. The lowest BCUT2D eigenvalue weighted by atomic mass is 10.3. The van der Waals surface area contributed by atoms with E-state index in [1.165, 1.54) is 24.3 Å². The van der Waals surface area contributed by atoms with Crippen LogP contribution in [0.2, 0.25) is 5.02 Å². The van der Waals surface area contributed by atoms with Crippen molar-refractivity contribution < 1.29 is 13.2 Å². The van der Waals surface area contributed by atoms with Gasteiger partial charge < -0.3 is 5.32 Å². The average Bonchev–Trinajstić information content (AvgIpc) is 2.50. The van der Waals surface area contributed by atoms with E-state index < -0.39 is 10.0 Å². The van der Waals surface area contributed by atoms with Crippen LogP contribution in [0.1, 0.15) is 0 Å². The van der Waals surface area contributed by atoms with Gasteiger partial charge in [-0.15, -0.1) is 11.6 Å². The molecule has 0 aliphatic heterocycles. The van der Waals surface area contributed by atoms with Gasteiger partial charge >= 0.3 is 0 Å². The molecule has 2 N–H and O–H groups in total. The summed E-state index contributed by atoms with van der Waals surface area (Å²) in [7, 11) is -3.71. The second-order valence-electron chi connectivity index (χ2n) is 4.32. The lowest BCUT2D eigenvalue weighted by Gasteiger charge is -2.09. The van der Waals surface area contributed by atoms with Gasteiger partial charge in [-0.05, 0) is 48.5 Å². The molecule has 0 unspecified atom stereocenters. The van der Waals surface area contributed by atoms with Crippen LogP contribution in [0, 0.1) is 0 Å². The Morgan fingerprint density at radius 2 is 1.50 bits per heavy atom. The Kier molecular flexibility index (Phi) is 5.28. The first-order chi connectivity index (χ1) is 10.4. The van der Waals surface area contributed by atoms with Crippen LogP contribution in [0.15, 0.2) is 53.4 Å². The van der Waals surface area contributed by atoms with E-state index in [-0.39, 0.29) is 16.7 Å². The summed E-state index contributed by atoms with van der Waals surface area (Å²) in [5.41, 5.74) is 0.875. The number of sulfonamides is 1. The number of anilines is 2. The third kappa shape index (κ3) is 4.37. The van der Waals surface area contributed by atoms with Gasteiger partial charge in [0.05, 0.1) is 4.90 Å². The summed E-state index contributed by atoms with van der Waals surface area (Å²) in [6, 6.07) is 12.1. The molecule has 0 atom stereocenters. The van der Waals surface area contributed by atoms with Crippen molar-refractivity contribution in [3.05, 3.63) is 53.6 Å². The summed E-state index contributed by atoms with van der Waals surface area (Å²) >= 11 is 11.1. The van der Waals surface area contributed by atoms with Gasteiger partial charge in [0, 0.05) is 16.4 Å². The highest BCUT2D eigenvalue weighted by Crippen LogP contribution is 2.19. The summed E-state index contributed by atoms with van der Waals surface area (Å²) in [6.45, 7) is 0. The Balaban J connectivity index is 2.15. The Morgan fingerprint density at radius 3 is 2.05 bits per heavy atom. The molecule has 0 heterocycles. The van der Waals surface area contributed by atoms with Crippen LogP contribution < -0.4 is 10.0 Å². The quantitative estimate of drug-likeness (QED) is 0.805. The topological polar surface area (TPSA) is 75.3 Å². The lowest BCUT2D eigenvalue weighted by molar-refractivity contribution is -0.113. The van der Waals surface area contributed by atoms with Crippen LogP contribution in [-0.2, 0) is 14.8 Å². The van der Waals surface area contributed by atoms with E-state index in [9.17, 15) is 13.2 Å². The first-order valence-corrected chi connectivity index (χ1v) is 8.54. The number of benzene rings is 2. The molecule has 0 aromatic heterocycles. The van der Waals surface area contributed by atoms with Gasteiger partial charge in [-0.25, -0.2) is 8.42 Å². The van der Waals surface area contributed by atoms with Gasteiger partial charge in [-0.3, -0.25) is 9.52 Å². The number of carbonyl (C=O) groups excluding carboxylic acids is 1. The monoisotopic (exact) mass is 358 g/mol. The molecule has 0 saturated heterocycles. The standard InChI is InChI=1S/C14H12Cl2N2O3S/c15-9-14(19)17-11-5-7-13(8-6-11)22(20,21)18-12-3-1-10(16)2-4-12/h1-8,18H,9H2,(H,17,19). The minimum absolute atomic E-state index is 0.0753. The van der Waals surface area contributed by atoms with E-state index in [0.29, 0.717) is 16.4 Å². The van der Waals surface area contributed by atoms with E-state index in [1.807, 2.05) is 0 Å². The van der Waals surface area contributed by atoms with Crippen LogP contribution in [0.25, 0.3) is 0 Å². The smallest absolute Gasteiger partial charge is 0.261 e. The van der Waals surface area contributed by atoms with Crippen molar-refractivity contribution in [1.82, 2.24) is 0 Å². The highest BCUT2D eigenvalue weighted by molar-refractivity contribution is 7.92. The maximum Gasteiger partial charge on any atom is 0.261 e. The Hall–Kier alpha value is -1.76. The molecular formula is C14H12Cl2N2O3S. The van der Waals surface area contributed by atoms with Gasteiger partial charge in [0.25, 0.3) is 10.0 Å². The fraction of sp³-hybridized carbons (Fsp3) is 0.0714. The first kappa shape index (κ1) is 16.6. The minimum atomic E-state index is -3.71. The molecule has 0 aliphatic rings. The van der Waals surface area contributed by atoms with Gasteiger partial charge in [0.1, 0.15) is 5.88 Å². The third-order valence-electron chi connectivity index (χ3n) is 2.67. The highest BCUT2D eigenvalue weighted by Gasteiger charge is 2.14. The molecule has 0 radical (unpaired) electrons. The van der Waals surface area contributed by atoms with E-state index >= 15 is 0 Å². The Bertz CT molecular complexity index is 760. The summed E-state index contributed by atoms with van der Waals surface area (Å²) in [4.78, 5) is 11.2. The molecular weight excluding hydrogens is 347 g/mol. The number of carbonyl (C=O) groups is 1. The molecule has 0 fully saturated rings. The zero-order valence-electron chi connectivity index (χ0n) is 11.2. The maximum absolute atomic E-state index is 12.2. The van der Waals surface area contributed by atoms with Gasteiger partial charge in [0.2, 0.25) is 5.91 Å². The first-order valence-electron chi connectivity index (χ1n) is 6.15. The predicted octanol–water partition coefficient (Wildman–Crippen LogP) is 3.32. The number of rotatable bonds is 5. The lowest BCUT2D eigenvalue weighted by Crippen LogP contribution is -2.14. The Labute approximate surface area is 138 Å². The van der Waals surface area contributed by atoms with Crippen LogP contribution in [0.5, 0.6) is 0 Å². The van der Waals surface area contributed by atoms with Crippen molar-refractivity contribution in [3.8, 4) is 0 Å². The van der Waals surface area contributed by atoms with E-state index in [4.69, 9.17) is 23.2 Å². The number of hydrogen-bond donors (Lipinski definition) is 2. The number of alkyl halides is 1. The summed E-state index contributed by atoms with van der Waals surface area (Å²) in [6.07, 6.45) is 0. The molecule has 22 heavy (non-hydrogen) atoms. The minimum Gasteiger partial charge on any atom is -0.325 e. The van der Waals surface area contributed by atoms with Crippen molar-refractivity contribution in [1.29, 1.82) is 0 Å². The summed E-state index contributed by atoms with van der Waals surface area (Å²) in [5.74, 6) is -0.533. The predicted molar refractivity (Wildman–Crippen MR) is 88.1 cm³/mol. The fourth-order valence-electron chi connectivity index (χ4n) is 1.64. The molecule has 0 aliphatic carbocycles. The van der Waals surface area contributed by atoms with E-state index in [0.717, 1.165) is 0 Å². The van der Waals surface area contributed by atoms with E-state index in [2.05, 4.69) is 10.0 Å². The molecule has 0 spiro atoms. The zero-order valence-corrected chi connectivity index (χ0v) is 13.5. The second-order valence-corrected chi connectivity index (χ2v) is 6.70. The molecule has 0 bridgehead atoms. The van der Waals surface area contributed by atoms with Crippen LogP contribution >= 0.6 is 23.2 Å². The molecule has 116 valence electrons. The van der Waals surface area contributed by atoms with Crippen molar-refractivity contribution in [3.63, 3.8) is 0 Å². The summed E-state index contributed by atoms with van der Waals surface area (Å²) in [5, 5.41) is 3.04. The van der Waals surface area contributed by atoms with Crippen LogP contribution in [-0.4, -0.2) is 20.2 Å². The SMILES string of the molecule is O=C(CCl)Nc1ccc(S(=O)(=O)Nc2ccc(Cl)cc2)cc1. The second kappa shape index (κ2) is 7.00. The van der Waals surface area contributed by atoms with Crippen molar-refractivity contribution in [2.75, 3.05) is 15.9 Å². The highest BCUT2D eigenvalue weighted by atomic mass is 35.5. The largest absolute Gasteiger partial charge is 0.325 e. The molecule has 1 amide bonds. The third-order valence-corrected chi connectivity index (χ3v) is 4.56. The normalized spacial score (nSPS) is 11.0. The van der Waals surface area contributed by atoms with E-state index in [1.54, 1.807) is 24.3 Å². The molecule has 2 aromatic rings. The number of hydrogen-bond acceptors (Lipinski definition) is 3. The summed E-state index contributed by atoms with van der Waals surface area (Å²) < 4.78 is 26.9. The van der Waals surface area contributed by atoms with Gasteiger partial charge in [-0.1, -0.05) is 11.6 Å². The Morgan fingerprint density at radius 1 is 0.955 bits per heavy atom. The van der Waals surface area contributed by atoms with Gasteiger partial charge in [-0.2, -0.15) is 0 Å². The number of amides is 1. The maximum atomic E-state index is 12.2. The zero-order chi connectivity index (χ0) is 16.2. The van der Waals surface area contributed by atoms with Crippen LogP contribution in [0.3, 0.4) is 0 Å². The van der Waals surface area contributed by atoms with Crippen LogP contribution in [0.4, 0.5) is 11.4 Å². The molecule has 2 aromatic carbocycles. The van der Waals surface area contributed by atoms with Crippen molar-refractivity contribution in [2.24, 2.45) is 0 Å². The van der Waals surface area contributed by atoms with Crippen molar-refractivity contribution in [2.45, 2.75) is 4.90 Å². The average molecular weight is 359 g/mol.